The summed E-state index contributed by atoms with van der Waals surface area (Å²) >= 11 is 0. The molecule has 1 aliphatic rings. The summed E-state index contributed by atoms with van der Waals surface area (Å²) in [6.07, 6.45) is 0.793. The van der Waals surface area contributed by atoms with Crippen molar-refractivity contribution >= 4 is 17.4 Å². The predicted octanol–water partition coefficient (Wildman–Crippen LogP) is 1.59. The quantitative estimate of drug-likeness (QED) is 0.624. The normalized spacial score (nSPS) is 17.4. The summed E-state index contributed by atoms with van der Waals surface area (Å²) in [7, 11) is 1.86. The van der Waals surface area contributed by atoms with Crippen LogP contribution in [0.5, 0.6) is 5.75 Å². The summed E-state index contributed by atoms with van der Waals surface area (Å²) in [5.41, 5.74) is 1.18. The van der Waals surface area contributed by atoms with E-state index in [1.807, 2.05) is 7.05 Å². The summed E-state index contributed by atoms with van der Waals surface area (Å²) in [6.45, 7) is 2.50. The molecular formula is C14H18N2O3. The van der Waals surface area contributed by atoms with Gasteiger partial charge in [-0.3, -0.25) is 9.59 Å². The van der Waals surface area contributed by atoms with Crippen LogP contribution in [0.15, 0.2) is 18.2 Å². The summed E-state index contributed by atoms with van der Waals surface area (Å²) < 4.78 is 5.44. The number of ether oxygens (including phenoxy) is 1. The van der Waals surface area contributed by atoms with Gasteiger partial charge in [-0.2, -0.15) is 0 Å². The molecule has 1 unspecified atom stereocenters. The molecule has 5 heteroatoms. The fourth-order valence-corrected chi connectivity index (χ4v) is 1.95. The van der Waals surface area contributed by atoms with Crippen LogP contribution in [0.1, 0.15) is 30.1 Å². The lowest BCUT2D eigenvalue weighted by Gasteiger charge is -2.23. The molecule has 2 rings (SSSR count). The number of rotatable bonds is 5. The zero-order valence-corrected chi connectivity index (χ0v) is 11.2. The van der Waals surface area contributed by atoms with Crippen LogP contribution in [0.4, 0.5) is 5.69 Å². The summed E-state index contributed by atoms with van der Waals surface area (Å²) in [4.78, 5) is 23.5. The number of Topliss-reactive ketones (excluding diaryl/α,β-unsaturated/α-hetero) is 1. The van der Waals surface area contributed by atoms with Crippen molar-refractivity contribution in [3.8, 4) is 5.75 Å². The van der Waals surface area contributed by atoms with Crippen LogP contribution in [-0.4, -0.2) is 31.4 Å². The molecule has 2 N–H and O–H groups in total. The molecule has 1 atom stereocenters. The number of ketones is 1. The first kappa shape index (κ1) is 13.5. The third-order valence-electron chi connectivity index (χ3n) is 3.06. The average molecular weight is 262 g/mol. The van der Waals surface area contributed by atoms with Gasteiger partial charge in [0.15, 0.2) is 11.9 Å². The number of hydrogen-bond acceptors (Lipinski definition) is 4. The molecule has 1 heterocycles. The molecule has 0 spiro atoms. The number of carbonyl (C=O) groups excluding carboxylic acids is 2. The molecule has 0 saturated heterocycles. The maximum absolute atomic E-state index is 12.0. The van der Waals surface area contributed by atoms with Gasteiger partial charge in [0, 0.05) is 12.0 Å². The lowest BCUT2D eigenvalue weighted by atomic mass is 10.0. The number of carbonyl (C=O) groups is 2. The van der Waals surface area contributed by atoms with E-state index in [1.54, 1.807) is 25.1 Å². The second kappa shape index (κ2) is 5.84. The second-order valence-electron chi connectivity index (χ2n) is 4.59. The number of benzene rings is 1. The van der Waals surface area contributed by atoms with Gasteiger partial charge in [-0.1, -0.05) is 0 Å². The molecule has 5 nitrogen and oxygen atoms in total. The molecule has 1 amide bonds. The lowest BCUT2D eigenvalue weighted by molar-refractivity contribution is -0.122. The van der Waals surface area contributed by atoms with E-state index in [-0.39, 0.29) is 11.7 Å². The number of hydrogen-bond donors (Lipinski definition) is 2. The van der Waals surface area contributed by atoms with E-state index in [1.165, 1.54) is 0 Å². The molecule has 0 aliphatic carbocycles. The number of amides is 1. The highest BCUT2D eigenvalue weighted by Gasteiger charge is 2.24. The molecule has 0 radical (unpaired) electrons. The fourth-order valence-electron chi connectivity index (χ4n) is 1.95. The Morgan fingerprint density at radius 1 is 1.47 bits per heavy atom. The van der Waals surface area contributed by atoms with Crippen molar-refractivity contribution < 1.29 is 14.3 Å². The third kappa shape index (κ3) is 3.12. The van der Waals surface area contributed by atoms with E-state index >= 15 is 0 Å². The van der Waals surface area contributed by atoms with Gasteiger partial charge >= 0.3 is 0 Å². The first-order chi connectivity index (χ1) is 9.11. The predicted molar refractivity (Wildman–Crippen MR) is 72.7 cm³/mol. The smallest absolute Gasteiger partial charge is 0.265 e. The van der Waals surface area contributed by atoms with Crippen LogP contribution >= 0.6 is 0 Å². The van der Waals surface area contributed by atoms with Gasteiger partial charge in [-0.05, 0) is 45.1 Å². The molecule has 0 bridgehead atoms. The van der Waals surface area contributed by atoms with Crippen molar-refractivity contribution in [1.82, 2.24) is 5.32 Å². The van der Waals surface area contributed by atoms with E-state index in [2.05, 4.69) is 10.6 Å². The van der Waals surface area contributed by atoms with Crippen molar-refractivity contribution in [1.29, 1.82) is 0 Å². The van der Waals surface area contributed by atoms with Gasteiger partial charge in [-0.15, -0.1) is 0 Å². The van der Waals surface area contributed by atoms with Crippen LogP contribution in [0.3, 0.4) is 0 Å². The summed E-state index contributed by atoms with van der Waals surface area (Å²) in [6, 6.07) is 5.15. The standard InChI is InChI=1S/C14H18N2O3/c1-9-14(18)16-11-8-10(5-6-13(11)19-9)12(17)4-3-7-15-2/h5-6,8-9,15H,3-4,7H2,1-2H3,(H,16,18). The maximum Gasteiger partial charge on any atom is 0.265 e. The van der Waals surface area contributed by atoms with E-state index in [0.717, 1.165) is 13.0 Å². The minimum Gasteiger partial charge on any atom is -0.479 e. The topological polar surface area (TPSA) is 67.4 Å². The molecule has 0 aromatic heterocycles. The second-order valence-corrected chi connectivity index (χ2v) is 4.59. The van der Waals surface area contributed by atoms with Crippen molar-refractivity contribution in [2.24, 2.45) is 0 Å². The summed E-state index contributed by atoms with van der Waals surface area (Å²) in [5, 5.41) is 5.75. The monoisotopic (exact) mass is 262 g/mol. The molecule has 0 saturated carbocycles. The minimum absolute atomic E-state index is 0.0749. The van der Waals surface area contributed by atoms with Gasteiger partial charge in [0.25, 0.3) is 5.91 Å². The van der Waals surface area contributed by atoms with E-state index in [0.29, 0.717) is 23.4 Å². The van der Waals surface area contributed by atoms with Gasteiger partial charge < -0.3 is 15.4 Å². The maximum atomic E-state index is 12.0. The Labute approximate surface area is 112 Å². The fraction of sp³-hybridized carbons (Fsp3) is 0.429. The Morgan fingerprint density at radius 3 is 3.00 bits per heavy atom. The molecular weight excluding hydrogens is 244 g/mol. The van der Waals surface area contributed by atoms with Crippen LogP contribution < -0.4 is 15.4 Å². The van der Waals surface area contributed by atoms with Crippen LogP contribution in [0, 0.1) is 0 Å². The van der Waals surface area contributed by atoms with Crippen LogP contribution in [-0.2, 0) is 4.79 Å². The zero-order valence-electron chi connectivity index (χ0n) is 11.2. The van der Waals surface area contributed by atoms with E-state index in [9.17, 15) is 9.59 Å². The first-order valence-corrected chi connectivity index (χ1v) is 6.41. The van der Waals surface area contributed by atoms with Crippen molar-refractivity contribution in [3.63, 3.8) is 0 Å². The van der Waals surface area contributed by atoms with E-state index in [4.69, 9.17) is 4.74 Å². The Balaban J connectivity index is 2.10. The summed E-state index contributed by atoms with van der Waals surface area (Å²) in [5.74, 6) is 0.497. The number of fused-ring (bicyclic) bond motifs is 1. The highest BCUT2D eigenvalue weighted by molar-refractivity contribution is 6.01. The number of anilines is 1. The molecule has 1 aromatic rings. The molecule has 0 fully saturated rings. The van der Waals surface area contributed by atoms with Gasteiger partial charge in [0.05, 0.1) is 5.69 Å². The van der Waals surface area contributed by atoms with Crippen LogP contribution in [0.25, 0.3) is 0 Å². The van der Waals surface area contributed by atoms with Crippen molar-refractivity contribution in [2.45, 2.75) is 25.9 Å². The lowest BCUT2D eigenvalue weighted by Crippen LogP contribution is -2.34. The largest absolute Gasteiger partial charge is 0.479 e. The van der Waals surface area contributed by atoms with Crippen molar-refractivity contribution in [3.05, 3.63) is 23.8 Å². The zero-order chi connectivity index (χ0) is 13.8. The first-order valence-electron chi connectivity index (χ1n) is 6.41. The molecule has 1 aromatic carbocycles. The van der Waals surface area contributed by atoms with Gasteiger partial charge in [0.2, 0.25) is 0 Å². The molecule has 19 heavy (non-hydrogen) atoms. The average Bonchev–Trinajstić information content (AvgIpc) is 2.40. The highest BCUT2D eigenvalue weighted by Crippen LogP contribution is 2.30. The number of nitrogens with one attached hydrogen (secondary N) is 2. The van der Waals surface area contributed by atoms with E-state index < -0.39 is 6.10 Å². The Hall–Kier alpha value is -1.88. The third-order valence-corrected chi connectivity index (χ3v) is 3.06. The minimum atomic E-state index is -0.496. The Morgan fingerprint density at radius 2 is 2.26 bits per heavy atom. The van der Waals surface area contributed by atoms with Gasteiger partial charge in [0.1, 0.15) is 5.75 Å². The molecule has 102 valence electrons. The Bertz CT molecular complexity index is 499. The highest BCUT2D eigenvalue weighted by atomic mass is 16.5. The van der Waals surface area contributed by atoms with Gasteiger partial charge in [-0.25, -0.2) is 0 Å². The van der Waals surface area contributed by atoms with Crippen molar-refractivity contribution in [2.75, 3.05) is 18.9 Å². The molecule has 1 aliphatic heterocycles. The van der Waals surface area contributed by atoms with Crippen LogP contribution in [0.2, 0.25) is 0 Å². The Kier molecular flexibility index (Phi) is 4.16. The SMILES string of the molecule is CNCCCC(=O)c1ccc2c(c1)NC(=O)C(C)O2.